The van der Waals surface area contributed by atoms with E-state index in [4.69, 9.17) is 4.74 Å². The first-order chi connectivity index (χ1) is 14.5. The van der Waals surface area contributed by atoms with Crippen molar-refractivity contribution < 1.29 is 17.9 Å². The number of fused-ring (bicyclic) bond motifs is 1. The van der Waals surface area contributed by atoms with E-state index in [1.54, 1.807) is 13.3 Å². The largest absolute Gasteiger partial charge is 0.416 e. The van der Waals surface area contributed by atoms with E-state index in [2.05, 4.69) is 20.3 Å². The predicted octanol–water partition coefficient (Wildman–Crippen LogP) is 4.86. The molecule has 0 saturated heterocycles. The summed E-state index contributed by atoms with van der Waals surface area (Å²) in [5.74, 6) is 0.609. The third-order valence-corrected chi connectivity index (χ3v) is 4.50. The lowest BCUT2D eigenvalue weighted by Crippen LogP contribution is -2.23. The van der Waals surface area contributed by atoms with Crippen LogP contribution in [0.1, 0.15) is 23.1 Å². The van der Waals surface area contributed by atoms with Crippen LogP contribution in [0, 0.1) is 0 Å². The molecular formula is C22H23F3N4O. The first-order valence-electron chi connectivity index (χ1n) is 9.48. The van der Waals surface area contributed by atoms with Gasteiger partial charge in [-0.05, 0) is 54.3 Å². The number of hydrogen-bond acceptors (Lipinski definition) is 3. The molecule has 5 nitrogen and oxygen atoms in total. The molecule has 0 atom stereocenters. The van der Waals surface area contributed by atoms with E-state index >= 15 is 0 Å². The molecule has 3 rings (SSSR count). The molecule has 0 aliphatic rings. The number of aryl methyl sites for hydroxylation is 1. The SMILES string of the molecule is COCNC(/C=C\CCc1c[nH]c2ncccc12)=NCc1ccc(C(F)(F)F)cc1. The number of rotatable bonds is 8. The smallest absolute Gasteiger partial charge is 0.365 e. The Morgan fingerprint density at radius 2 is 2.03 bits per heavy atom. The van der Waals surface area contributed by atoms with Gasteiger partial charge in [-0.25, -0.2) is 4.98 Å². The number of aromatic amines is 1. The third kappa shape index (κ3) is 5.93. The molecule has 0 radical (unpaired) electrons. The molecule has 2 heterocycles. The van der Waals surface area contributed by atoms with Crippen LogP contribution in [0.2, 0.25) is 0 Å². The lowest BCUT2D eigenvalue weighted by Gasteiger charge is -2.08. The van der Waals surface area contributed by atoms with Crippen molar-refractivity contribution >= 4 is 16.9 Å². The number of ether oxygens (including phenoxy) is 1. The molecular weight excluding hydrogens is 393 g/mol. The van der Waals surface area contributed by atoms with Gasteiger partial charge in [-0.2, -0.15) is 13.2 Å². The topological polar surface area (TPSA) is 62.3 Å². The van der Waals surface area contributed by atoms with Crippen LogP contribution >= 0.6 is 0 Å². The minimum Gasteiger partial charge on any atom is -0.365 e. The minimum absolute atomic E-state index is 0.267. The summed E-state index contributed by atoms with van der Waals surface area (Å²) >= 11 is 0. The van der Waals surface area contributed by atoms with Gasteiger partial charge in [-0.15, -0.1) is 0 Å². The van der Waals surface area contributed by atoms with Crippen LogP contribution in [0.4, 0.5) is 13.2 Å². The molecule has 0 spiro atoms. The van der Waals surface area contributed by atoms with Gasteiger partial charge in [0.1, 0.15) is 18.2 Å². The van der Waals surface area contributed by atoms with Gasteiger partial charge >= 0.3 is 6.18 Å². The molecule has 1 aromatic carbocycles. The van der Waals surface area contributed by atoms with E-state index < -0.39 is 11.7 Å². The maximum Gasteiger partial charge on any atom is 0.416 e. The number of alkyl halides is 3. The number of H-pyrrole nitrogens is 1. The molecule has 2 aromatic heterocycles. The highest BCUT2D eigenvalue weighted by molar-refractivity contribution is 5.92. The first-order valence-corrected chi connectivity index (χ1v) is 9.48. The number of aromatic nitrogens is 2. The van der Waals surface area contributed by atoms with Crippen LogP contribution in [-0.4, -0.2) is 29.6 Å². The molecule has 0 fully saturated rings. The molecule has 0 bridgehead atoms. The number of nitrogens with one attached hydrogen (secondary N) is 2. The standard InChI is InChI=1S/C22H23F3N4O/c1-30-15-29-20(27-13-16-8-10-18(11-9-16)22(23,24)25)7-3-2-5-17-14-28-21-19(17)6-4-12-26-21/h3-4,6-12,14H,2,5,13,15H2,1H3,(H,26,28)(H,27,29)/b7-3-. The average Bonchev–Trinajstić information content (AvgIpc) is 3.15. The molecule has 3 aromatic rings. The van der Waals surface area contributed by atoms with Crippen molar-refractivity contribution in [2.45, 2.75) is 25.6 Å². The van der Waals surface area contributed by atoms with E-state index in [9.17, 15) is 13.2 Å². The number of methoxy groups -OCH3 is 1. The monoisotopic (exact) mass is 416 g/mol. The van der Waals surface area contributed by atoms with Gasteiger partial charge < -0.3 is 15.0 Å². The third-order valence-electron chi connectivity index (χ3n) is 4.50. The molecule has 2 N–H and O–H groups in total. The van der Waals surface area contributed by atoms with Crippen LogP contribution in [0.3, 0.4) is 0 Å². The molecule has 8 heteroatoms. The lowest BCUT2D eigenvalue weighted by molar-refractivity contribution is -0.137. The van der Waals surface area contributed by atoms with Gasteiger partial charge in [-0.1, -0.05) is 18.2 Å². The molecule has 0 unspecified atom stereocenters. The average molecular weight is 416 g/mol. The van der Waals surface area contributed by atoms with Crippen LogP contribution < -0.4 is 5.32 Å². The fourth-order valence-electron chi connectivity index (χ4n) is 2.94. The first kappa shape index (κ1) is 21.6. The summed E-state index contributed by atoms with van der Waals surface area (Å²) in [6.07, 6.45) is 4.89. The van der Waals surface area contributed by atoms with Gasteiger partial charge in [0.05, 0.1) is 12.1 Å². The van der Waals surface area contributed by atoms with Crippen molar-refractivity contribution in [3.05, 3.63) is 77.6 Å². The number of nitrogens with zero attached hydrogens (tertiary/aromatic N) is 2. The number of hydrogen-bond donors (Lipinski definition) is 2. The van der Waals surface area contributed by atoms with E-state index in [0.29, 0.717) is 11.4 Å². The molecule has 0 aliphatic carbocycles. The van der Waals surface area contributed by atoms with Gasteiger partial charge in [0.15, 0.2) is 0 Å². The Balaban J connectivity index is 1.60. The second kappa shape index (κ2) is 10.1. The molecule has 158 valence electrons. The Kier molecular flexibility index (Phi) is 7.24. The van der Waals surface area contributed by atoms with Gasteiger partial charge in [-0.3, -0.25) is 4.99 Å². The number of allylic oxidation sites excluding steroid dienone is 1. The predicted molar refractivity (Wildman–Crippen MR) is 111 cm³/mol. The molecule has 0 saturated carbocycles. The zero-order valence-electron chi connectivity index (χ0n) is 16.5. The van der Waals surface area contributed by atoms with E-state index in [-0.39, 0.29) is 13.3 Å². The number of amidine groups is 1. The second-order valence-electron chi connectivity index (χ2n) is 6.66. The van der Waals surface area contributed by atoms with Crippen LogP contribution in [0.25, 0.3) is 11.0 Å². The second-order valence-corrected chi connectivity index (χ2v) is 6.66. The van der Waals surface area contributed by atoms with Gasteiger partial charge in [0.25, 0.3) is 0 Å². The van der Waals surface area contributed by atoms with Crippen LogP contribution in [0.15, 0.2) is 65.9 Å². The Labute approximate surface area is 172 Å². The maximum absolute atomic E-state index is 12.7. The highest BCUT2D eigenvalue weighted by Crippen LogP contribution is 2.29. The summed E-state index contributed by atoms with van der Waals surface area (Å²) in [5.41, 5.74) is 2.09. The van der Waals surface area contributed by atoms with Crippen LogP contribution in [0.5, 0.6) is 0 Å². The fourth-order valence-corrected chi connectivity index (χ4v) is 2.94. The lowest BCUT2D eigenvalue weighted by atomic mass is 10.1. The zero-order chi connectivity index (χ0) is 21.4. The number of pyridine rings is 1. The fraction of sp³-hybridized carbons (Fsp3) is 0.273. The van der Waals surface area contributed by atoms with Crippen molar-refractivity contribution in [2.24, 2.45) is 4.99 Å². The highest BCUT2D eigenvalue weighted by atomic mass is 19.4. The summed E-state index contributed by atoms with van der Waals surface area (Å²) in [6, 6.07) is 8.97. The van der Waals surface area contributed by atoms with Gasteiger partial charge in [0.2, 0.25) is 0 Å². The summed E-state index contributed by atoms with van der Waals surface area (Å²) < 4.78 is 43.0. The quantitative estimate of drug-likeness (QED) is 0.313. The summed E-state index contributed by atoms with van der Waals surface area (Å²) in [6.45, 7) is 0.549. The maximum atomic E-state index is 12.7. The number of aliphatic imine (C=N–C) groups is 1. The van der Waals surface area contributed by atoms with E-state index in [1.807, 2.05) is 30.5 Å². The summed E-state index contributed by atoms with van der Waals surface area (Å²) in [4.78, 5) is 11.9. The Morgan fingerprint density at radius 3 is 2.77 bits per heavy atom. The molecule has 30 heavy (non-hydrogen) atoms. The Hall–Kier alpha value is -3.13. The highest BCUT2D eigenvalue weighted by Gasteiger charge is 2.29. The Bertz CT molecular complexity index is 1010. The zero-order valence-corrected chi connectivity index (χ0v) is 16.5. The van der Waals surface area contributed by atoms with Crippen molar-refractivity contribution in [1.82, 2.24) is 15.3 Å². The van der Waals surface area contributed by atoms with Crippen molar-refractivity contribution in [3.8, 4) is 0 Å². The van der Waals surface area contributed by atoms with Crippen LogP contribution in [-0.2, 0) is 23.9 Å². The van der Waals surface area contributed by atoms with Crippen molar-refractivity contribution in [2.75, 3.05) is 13.8 Å². The van der Waals surface area contributed by atoms with Crippen molar-refractivity contribution in [3.63, 3.8) is 0 Å². The van der Waals surface area contributed by atoms with E-state index in [0.717, 1.165) is 36.0 Å². The van der Waals surface area contributed by atoms with Crippen molar-refractivity contribution in [1.29, 1.82) is 0 Å². The molecule has 0 aliphatic heterocycles. The Morgan fingerprint density at radius 1 is 1.23 bits per heavy atom. The normalized spacial score (nSPS) is 12.7. The summed E-state index contributed by atoms with van der Waals surface area (Å²) in [5, 5.41) is 4.15. The number of benzene rings is 1. The van der Waals surface area contributed by atoms with E-state index in [1.165, 1.54) is 17.7 Å². The number of halogens is 3. The molecule has 0 amide bonds. The summed E-state index contributed by atoms with van der Waals surface area (Å²) in [7, 11) is 1.56. The van der Waals surface area contributed by atoms with Gasteiger partial charge in [0, 0.05) is 24.9 Å². The minimum atomic E-state index is -4.34.